The molecular weight excluding hydrogens is 411 g/mol. The van der Waals surface area contributed by atoms with Gasteiger partial charge in [-0.15, -0.1) is 0 Å². The Kier molecular flexibility index (Phi) is 15.8. The Balaban J connectivity index is 5.14. The quantitative estimate of drug-likeness (QED) is 0.215. The molecule has 0 fully saturated rings. The maximum atomic E-state index is 8.90. The fourth-order valence-corrected chi connectivity index (χ4v) is 17.5. The summed E-state index contributed by atoms with van der Waals surface area (Å²) in [6, 6.07) is 0. The molecule has 144 valence electrons. The van der Waals surface area contributed by atoms with E-state index in [1.807, 2.05) is 13.0 Å². The van der Waals surface area contributed by atoms with Crippen molar-refractivity contribution in [1.29, 1.82) is 0 Å². The summed E-state index contributed by atoms with van der Waals surface area (Å²) in [5, 5.41) is 8.90. The predicted octanol–water partition coefficient (Wildman–Crippen LogP) is 7.37. The zero-order valence-corrected chi connectivity index (χ0v) is 20.3. The number of allylic oxidation sites excluding steroid dienone is 6. The Labute approximate surface area is 161 Å². The number of unbranched alkanes of at least 4 members (excludes halogenated alkanes) is 3. The topological polar surface area (TPSA) is 20.2 Å². The first-order valence-corrected chi connectivity index (χ1v) is 18.1. The van der Waals surface area contributed by atoms with E-state index in [1.54, 1.807) is 0 Å². The summed E-state index contributed by atoms with van der Waals surface area (Å²) in [5.41, 5.74) is 2.46. The van der Waals surface area contributed by atoms with Crippen LogP contribution in [0.1, 0.15) is 73.1 Å². The summed E-state index contributed by atoms with van der Waals surface area (Å²) >= 11 is -2.14. The number of aliphatic hydroxyl groups is 1. The molecule has 0 aromatic rings. The second-order valence-corrected chi connectivity index (χ2v) is 20.4. The van der Waals surface area contributed by atoms with Crippen molar-refractivity contribution in [1.82, 2.24) is 0 Å². The van der Waals surface area contributed by atoms with Crippen molar-refractivity contribution in [2.45, 2.75) is 86.5 Å². The first-order valence-electron chi connectivity index (χ1n) is 10.3. The first kappa shape index (κ1) is 24.7. The van der Waals surface area contributed by atoms with Gasteiger partial charge in [0.25, 0.3) is 0 Å². The normalized spacial score (nSPS) is 14.2. The molecule has 2 heteroatoms. The Morgan fingerprint density at radius 3 is 1.76 bits per heavy atom. The molecule has 0 amide bonds. The van der Waals surface area contributed by atoms with E-state index in [0.717, 1.165) is 5.57 Å². The van der Waals surface area contributed by atoms with Crippen LogP contribution in [0.25, 0.3) is 0 Å². The van der Waals surface area contributed by atoms with E-state index in [9.17, 15) is 0 Å². The third-order valence-corrected chi connectivity index (χ3v) is 19.0. The number of rotatable bonds is 14. The van der Waals surface area contributed by atoms with Gasteiger partial charge in [0.1, 0.15) is 0 Å². The molecule has 0 aromatic heterocycles. The van der Waals surface area contributed by atoms with E-state index in [1.165, 1.54) is 57.4 Å². The Bertz CT molecular complexity index is 421. The number of aliphatic hydroxyl groups excluding tert-OH is 1. The third kappa shape index (κ3) is 12.7. The van der Waals surface area contributed by atoms with Crippen LogP contribution in [0.2, 0.25) is 13.3 Å². The van der Waals surface area contributed by atoms with Crippen LogP contribution in [-0.2, 0) is 0 Å². The molecule has 0 bridgehead atoms. The van der Waals surface area contributed by atoms with Gasteiger partial charge in [0.05, 0.1) is 0 Å². The average Bonchev–Trinajstić information content (AvgIpc) is 2.60. The summed E-state index contributed by atoms with van der Waals surface area (Å²) in [6.45, 7) is 11.3. The number of hydrogen-bond donors (Lipinski definition) is 1. The van der Waals surface area contributed by atoms with Gasteiger partial charge in [0.2, 0.25) is 0 Å². The molecule has 0 saturated carbocycles. The molecule has 0 saturated heterocycles. The zero-order chi connectivity index (χ0) is 19.0. The Morgan fingerprint density at radius 2 is 1.32 bits per heavy atom. The summed E-state index contributed by atoms with van der Waals surface area (Å²) in [5.74, 6) is 0. The van der Waals surface area contributed by atoms with Crippen molar-refractivity contribution >= 4 is 18.4 Å². The molecule has 25 heavy (non-hydrogen) atoms. The van der Waals surface area contributed by atoms with E-state index in [-0.39, 0.29) is 6.61 Å². The van der Waals surface area contributed by atoms with E-state index in [2.05, 4.69) is 56.1 Å². The van der Waals surface area contributed by atoms with Gasteiger partial charge in [-0.3, -0.25) is 0 Å². The molecule has 0 aliphatic carbocycles. The third-order valence-electron chi connectivity index (χ3n) is 4.92. The van der Waals surface area contributed by atoms with Gasteiger partial charge in [-0.1, -0.05) is 0 Å². The van der Waals surface area contributed by atoms with Crippen LogP contribution in [-0.4, -0.2) is 30.1 Å². The van der Waals surface area contributed by atoms with Crippen LogP contribution in [0.3, 0.4) is 0 Å². The van der Waals surface area contributed by atoms with Crippen molar-refractivity contribution in [3.05, 3.63) is 45.6 Å². The van der Waals surface area contributed by atoms with Gasteiger partial charge in [0, 0.05) is 0 Å². The average molecular weight is 453 g/mol. The van der Waals surface area contributed by atoms with Crippen LogP contribution in [0.5, 0.6) is 0 Å². The van der Waals surface area contributed by atoms with E-state index < -0.39 is 18.4 Å². The van der Waals surface area contributed by atoms with Crippen molar-refractivity contribution in [2.75, 3.05) is 6.61 Å². The number of hydrogen-bond acceptors (Lipinski definition) is 1. The molecule has 0 atom stereocenters. The summed E-state index contributed by atoms with van der Waals surface area (Å²) in [7, 11) is 0. The molecule has 1 N–H and O–H groups in total. The van der Waals surface area contributed by atoms with Crippen LogP contribution < -0.4 is 0 Å². The molecule has 0 aromatic carbocycles. The van der Waals surface area contributed by atoms with Gasteiger partial charge in [-0.25, -0.2) is 0 Å². The van der Waals surface area contributed by atoms with Gasteiger partial charge < -0.3 is 0 Å². The molecular formula is C23H42OSn. The standard InChI is InChI=1S/C11H15O.3C4H9.Sn/c1-4-10(2)6-5-7-11(3)8-9-12;3*1-3-4-2;/h1,4-8,12H,9H2,2-3H3;3*1,3-4H2,2H3;/b4-1?,7-5+,10-6+,11-8+;;;;. The van der Waals surface area contributed by atoms with Crippen LogP contribution in [0.4, 0.5) is 0 Å². The molecule has 0 radical (unpaired) electrons. The minimum absolute atomic E-state index is 0.113. The van der Waals surface area contributed by atoms with Crippen molar-refractivity contribution in [3.8, 4) is 0 Å². The van der Waals surface area contributed by atoms with Crippen LogP contribution in [0, 0.1) is 0 Å². The fraction of sp³-hybridized carbons (Fsp3) is 0.652. The van der Waals surface area contributed by atoms with Crippen LogP contribution in [0.15, 0.2) is 45.6 Å². The van der Waals surface area contributed by atoms with Crippen molar-refractivity contribution in [3.63, 3.8) is 0 Å². The molecule has 1 nitrogen and oxygen atoms in total. The SMILES string of the molecule is CCC[CH2][Sn](/[CH]=C/C(C)=C/C=C/C(C)=C/CO)([CH2]CCC)[CH2]CCC. The first-order chi connectivity index (χ1) is 12.0. The molecule has 0 heterocycles. The maximum absolute atomic E-state index is 8.90. The van der Waals surface area contributed by atoms with Gasteiger partial charge in [-0.05, 0) is 0 Å². The molecule has 0 spiro atoms. The zero-order valence-electron chi connectivity index (χ0n) is 17.5. The fourth-order valence-electron chi connectivity index (χ4n) is 3.14. The molecule has 0 aliphatic heterocycles. The van der Waals surface area contributed by atoms with Crippen molar-refractivity contribution in [2.24, 2.45) is 0 Å². The van der Waals surface area contributed by atoms with Crippen molar-refractivity contribution < 1.29 is 5.11 Å². The Hall–Kier alpha value is -0.281. The second-order valence-electron chi connectivity index (χ2n) is 7.41. The molecule has 0 unspecified atom stereocenters. The van der Waals surface area contributed by atoms with E-state index in [0.29, 0.717) is 0 Å². The second kappa shape index (κ2) is 15.9. The summed E-state index contributed by atoms with van der Waals surface area (Å²) in [6.07, 6.45) is 18.9. The summed E-state index contributed by atoms with van der Waals surface area (Å²) < 4.78 is 7.32. The molecule has 0 rings (SSSR count). The Morgan fingerprint density at radius 1 is 0.800 bits per heavy atom. The van der Waals surface area contributed by atoms with Gasteiger partial charge in [0.15, 0.2) is 0 Å². The van der Waals surface area contributed by atoms with E-state index in [4.69, 9.17) is 5.11 Å². The monoisotopic (exact) mass is 454 g/mol. The van der Waals surface area contributed by atoms with Gasteiger partial charge in [-0.2, -0.15) is 0 Å². The minimum atomic E-state index is -2.14. The summed E-state index contributed by atoms with van der Waals surface area (Å²) in [4.78, 5) is 0. The van der Waals surface area contributed by atoms with Crippen LogP contribution >= 0.6 is 0 Å². The van der Waals surface area contributed by atoms with Gasteiger partial charge >= 0.3 is 162 Å². The predicted molar refractivity (Wildman–Crippen MR) is 118 cm³/mol. The van der Waals surface area contributed by atoms with E-state index >= 15 is 0 Å². The molecule has 0 aliphatic rings.